The highest BCUT2D eigenvalue weighted by Crippen LogP contribution is 2.22. The van der Waals surface area contributed by atoms with Crippen LogP contribution in [0.4, 0.5) is 13.2 Å². The lowest BCUT2D eigenvalue weighted by Crippen LogP contribution is -2.12. The maximum Gasteiger partial charge on any atom is 0.573 e. The maximum atomic E-state index is 11.6. The van der Waals surface area contributed by atoms with E-state index in [4.69, 9.17) is 0 Å². The number of rotatable bonds is 1. The Bertz CT molecular complexity index is 310. The SMILES string of the molecule is CC1=CC(OC(F)(F)F)=C=C=C1. The molecule has 1 aliphatic rings. The zero-order chi connectivity index (χ0) is 9.19. The van der Waals surface area contributed by atoms with Gasteiger partial charge in [0.05, 0.1) is 0 Å². The Morgan fingerprint density at radius 2 is 2.08 bits per heavy atom. The van der Waals surface area contributed by atoms with E-state index in [0.29, 0.717) is 5.57 Å². The zero-order valence-corrected chi connectivity index (χ0v) is 6.20. The van der Waals surface area contributed by atoms with Gasteiger partial charge in [-0.15, -0.1) is 13.2 Å². The molecule has 0 fully saturated rings. The molecule has 0 saturated carbocycles. The van der Waals surface area contributed by atoms with Crippen LogP contribution in [-0.2, 0) is 4.74 Å². The summed E-state index contributed by atoms with van der Waals surface area (Å²) in [6.07, 6.45) is -1.90. The van der Waals surface area contributed by atoms with E-state index in [0.717, 1.165) is 0 Å². The van der Waals surface area contributed by atoms with Crippen LogP contribution in [0.25, 0.3) is 0 Å². The van der Waals surface area contributed by atoms with Gasteiger partial charge in [0.1, 0.15) is 0 Å². The van der Waals surface area contributed by atoms with Crippen molar-refractivity contribution in [2.45, 2.75) is 13.3 Å². The minimum Gasteiger partial charge on any atom is -0.397 e. The fourth-order valence-corrected chi connectivity index (χ4v) is 0.685. The maximum absolute atomic E-state index is 11.6. The molecular weight excluding hydrogens is 169 g/mol. The van der Waals surface area contributed by atoms with Crippen LogP contribution < -0.4 is 0 Å². The van der Waals surface area contributed by atoms with Gasteiger partial charge < -0.3 is 4.74 Å². The normalized spacial score (nSPS) is 15.7. The van der Waals surface area contributed by atoms with Gasteiger partial charge in [-0.05, 0) is 30.4 Å². The highest BCUT2D eigenvalue weighted by Gasteiger charge is 2.31. The molecule has 1 rings (SSSR count). The van der Waals surface area contributed by atoms with Gasteiger partial charge >= 0.3 is 6.36 Å². The molecule has 0 bridgehead atoms. The summed E-state index contributed by atoms with van der Waals surface area (Å²) in [7, 11) is 0. The summed E-state index contributed by atoms with van der Waals surface area (Å²) in [6.45, 7) is 1.65. The molecule has 0 radical (unpaired) electrons. The first-order valence-corrected chi connectivity index (χ1v) is 3.13. The third-order valence-corrected chi connectivity index (χ3v) is 1.08. The fourth-order valence-electron chi connectivity index (χ4n) is 0.685. The van der Waals surface area contributed by atoms with Crippen LogP contribution in [0.1, 0.15) is 6.92 Å². The van der Waals surface area contributed by atoms with Crippen molar-refractivity contribution >= 4 is 0 Å². The zero-order valence-electron chi connectivity index (χ0n) is 6.20. The van der Waals surface area contributed by atoms with Crippen LogP contribution in [-0.4, -0.2) is 6.36 Å². The van der Waals surface area contributed by atoms with Gasteiger partial charge in [-0.1, -0.05) is 5.73 Å². The van der Waals surface area contributed by atoms with E-state index >= 15 is 0 Å². The second-order valence-corrected chi connectivity index (χ2v) is 2.21. The van der Waals surface area contributed by atoms with Crippen molar-refractivity contribution in [2.24, 2.45) is 0 Å². The standard InChI is InChI=1S/C8H5F3O/c1-6-3-2-4-7(5-6)12-8(9,10)11/h3,5H,1H3. The summed E-state index contributed by atoms with van der Waals surface area (Å²) in [4.78, 5) is 0. The van der Waals surface area contributed by atoms with Crippen LogP contribution in [0.15, 0.2) is 34.9 Å². The Balaban J connectivity index is 2.80. The summed E-state index contributed by atoms with van der Waals surface area (Å²) in [5.41, 5.74) is 5.25. The van der Waals surface area contributed by atoms with Crippen molar-refractivity contribution in [2.75, 3.05) is 0 Å². The molecule has 0 atom stereocenters. The molecule has 0 aromatic rings. The molecule has 1 nitrogen and oxygen atoms in total. The van der Waals surface area contributed by atoms with E-state index in [-0.39, 0.29) is 5.76 Å². The van der Waals surface area contributed by atoms with Gasteiger partial charge in [0, 0.05) is 0 Å². The lowest BCUT2D eigenvalue weighted by molar-refractivity contribution is -0.303. The largest absolute Gasteiger partial charge is 0.573 e. The van der Waals surface area contributed by atoms with Crippen molar-refractivity contribution in [1.29, 1.82) is 0 Å². The van der Waals surface area contributed by atoms with Gasteiger partial charge in [0.25, 0.3) is 0 Å². The van der Waals surface area contributed by atoms with E-state index in [1.165, 1.54) is 12.2 Å². The average molecular weight is 174 g/mol. The topological polar surface area (TPSA) is 9.23 Å². The smallest absolute Gasteiger partial charge is 0.397 e. The lowest BCUT2D eigenvalue weighted by Gasteiger charge is -2.08. The van der Waals surface area contributed by atoms with Gasteiger partial charge in [-0.3, -0.25) is 0 Å². The van der Waals surface area contributed by atoms with Gasteiger partial charge in [0.15, 0.2) is 5.76 Å². The van der Waals surface area contributed by atoms with E-state index in [2.05, 4.69) is 16.2 Å². The van der Waals surface area contributed by atoms with Crippen molar-refractivity contribution in [1.82, 2.24) is 0 Å². The summed E-state index contributed by atoms with van der Waals surface area (Å²) in [5.74, 6) is -0.359. The number of hydrogen-bond acceptors (Lipinski definition) is 1. The summed E-state index contributed by atoms with van der Waals surface area (Å²) < 4.78 is 38.4. The Morgan fingerprint density at radius 3 is 2.58 bits per heavy atom. The molecule has 4 heteroatoms. The molecule has 0 aromatic carbocycles. The second-order valence-electron chi connectivity index (χ2n) is 2.21. The number of allylic oxidation sites excluding steroid dienone is 3. The Morgan fingerprint density at radius 1 is 1.42 bits per heavy atom. The quantitative estimate of drug-likeness (QED) is 0.555. The molecule has 64 valence electrons. The van der Waals surface area contributed by atoms with Crippen LogP contribution in [0.2, 0.25) is 0 Å². The van der Waals surface area contributed by atoms with Gasteiger partial charge in [0.2, 0.25) is 0 Å². The first kappa shape index (κ1) is 8.72. The minimum absolute atomic E-state index is 0.359. The highest BCUT2D eigenvalue weighted by atomic mass is 19.4. The molecule has 0 saturated heterocycles. The molecule has 0 aliphatic heterocycles. The second kappa shape index (κ2) is 2.94. The molecule has 1 aliphatic carbocycles. The predicted molar refractivity (Wildman–Crippen MR) is 36.0 cm³/mol. The molecule has 0 amide bonds. The molecule has 0 aromatic heterocycles. The molecule has 0 N–H and O–H groups in total. The number of halogens is 3. The third kappa shape index (κ3) is 2.70. The van der Waals surface area contributed by atoms with Crippen molar-refractivity contribution in [3.05, 3.63) is 34.9 Å². The molecule has 0 spiro atoms. The van der Waals surface area contributed by atoms with E-state index < -0.39 is 6.36 Å². The molecule has 0 heterocycles. The fraction of sp³-hybridized carbons (Fsp3) is 0.250. The van der Waals surface area contributed by atoms with Gasteiger partial charge in [-0.25, -0.2) is 0 Å². The molecule has 12 heavy (non-hydrogen) atoms. The minimum atomic E-state index is -4.65. The number of alkyl halides is 3. The monoisotopic (exact) mass is 174 g/mol. The first-order chi connectivity index (χ1) is 5.47. The van der Waals surface area contributed by atoms with Crippen molar-refractivity contribution < 1.29 is 17.9 Å². The Labute approximate surface area is 67.1 Å². The summed E-state index contributed by atoms with van der Waals surface area (Å²) >= 11 is 0. The summed E-state index contributed by atoms with van der Waals surface area (Å²) in [5, 5.41) is 0. The first-order valence-electron chi connectivity index (χ1n) is 3.13. The number of hydrogen-bond donors (Lipinski definition) is 0. The molecule has 0 unspecified atom stereocenters. The van der Waals surface area contributed by atoms with E-state index in [1.807, 2.05) is 0 Å². The van der Waals surface area contributed by atoms with Crippen LogP contribution in [0.5, 0.6) is 0 Å². The van der Waals surface area contributed by atoms with Crippen LogP contribution in [0, 0.1) is 0 Å². The van der Waals surface area contributed by atoms with Crippen LogP contribution in [0.3, 0.4) is 0 Å². The van der Waals surface area contributed by atoms with Crippen LogP contribution >= 0.6 is 0 Å². The highest BCUT2D eigenvalue weighted by molar-refractivity contribution is 5.28. The third-order valence-electron chi connectivity index (χ3n) is 1.08. The average Bonchev–Trinajstić information content (AvgIpc) is 1.82. The Kier molecular flexibility index (Phi) is 2.13. The molecular formula is C8H5F3O. The summed E-state index contributed by atoms with van der Waals surface area (Å²) in [6, 6.07) is 0. The van der Waals surface area contributed by atoms with E-state index in [1.54, 1.807) is 6.92 Å². The number of ether oxygens (including phenoxy) is 1. The van der Waals surface area contributed by atoms with Gasteiger partial charge in [-0.2, -0.15) is 0 Å². The predicted octanol–water partition coefficient (Wildman–Crippen LogP) is 2.68. The van der Waals surface area contributed by atoms with Crippen molar-refractivity contribution in [3.8, 4) is 0 Å². The lowest BCUT2D eigenvalue weighted by atomic mass is 10.2. The Hall–Kier alpha value is -1.37. The van der Waals surface area contributed by atoms with E-state index in [9.17, 15) is 13.2 Å². The van der Waals surface area contributed by atoms with Crippen molar-refractivity contribution in [3.63, 3.8) is 0 Å².